The molecular formula is C15H10N2O3. The van der Waals surface area contributed by atoms with Crippen LogP contribution in [0.25, 0.3) is 0 Å². The van der Waals surface area contributed by atoms with Crippen LogP contribution in [0, 0.1) is 23.2 Å². The van der Waals surface area contributed by atoms with Crippen molar-refractivity contribution >= 4 is 17.5 Å². The van der Waals surface area contributed by atoms with Crippen molar-refractivity contribution in [2.75, 3.05) is 4.90 Å². The van der Waals surface area contributed by atoms with Crippen molar-refractivity contribution in [2.24, 2.45) is 11.8 Å². The van der Waals surface area contributed by atoms with E-state index >= 15 is 0 Å². The van der Waals surface area contributed by atoms with E-state index in [9.17, 15) is 9.59 Å². The Morgan fingerprint density at radius 1 is 1.00 bits per heavy atom. The lowest BCUT2D eigenvalue weighted by atomic mass is 9.85. The molecule has 3 aliphatic heterocycles. The molecule has 20 heavy (non-hydrogen) atoms. The zero-order valence-electron chi connectivity index (χ0n) is 10.4. The quantitative estimate of drug-likeness (QED) is 0.561. The number of benzene rings is 1. The Kier molecular flexibility index (Phi) is 2.15. The minimum atomic E-state index is -0.395. The number of hydrogen-bond donors (Lipinski definition) is 0. The summed E-state index contributed by atoms with van der Waals surface area (Å²) in [6, 6.07) is 8.48. The Labute approximate surface area is 115 Å². The molecule has 3 heterocycles. The maximum absolute atomic E-state index is 12.5. The highest BCUT2D eigenvalue weighted by atomic mass is 16.5. The summed E-state index contributed by atoms with van der Waals surface area (Å²) in [4.78, 5) is 26.2. The Morgan fingerprint density at radius 3 is 2.05 bits per heavy atom. The van der Waals surface area contributed by atoms with E-state index in [4.69, 9.17) is 10.00 Å². The molecule has 0 N–H and O–H groups in total. The van der Waals surface area contributed by atoms with Crippen LogP contribution in [-0.4, -0.2) is 24.0 Å². The molecule has 2 bridgehead atoms. The number of anilines is 1. The van der Waals surface area contributed by atoms with Gasteiger partial charge >= 0.3 is 0 Å². The third-order valence-electron chi connectivity index (χ3n) is 4.17. The maximum atomic E-state index is 12.5. The van der Waals surface area contributed by atoms with E-state index in [1.165, 1.54) is 4.90 Å². The lowest BCUT2D eigenvalue weighted by molar-refractivity contribution is -0.124. The number of carbonyl (C=O) groups is 2. The van der Waals surface area contributed by atoms with Gasteiger partial charge in [-0.25, -0.2) is 4.90 Å². The molecule has 2 amide bonds. The van der Waals surface area contributed by atoms with Gasteiger partial charge in [-0.15, -0.1) is 0 Å². The van der Waals surface area contributed by atoms with E-state index in [0.29, 0.717) is 11.3 Å². The Morgan fingerprint density at radius 2 is 1.55 bits per heavy atom. The number of carbonyl (C=O) groups excluding carboxylic acids is 2. The molecule has 4 atom stereocenters. The molecule has 2 saturated heterocycles. The minimum absolute atomic E-state index is 0.207. The summed E-state index contributed by atoms with van der Waals surface area (Å²) >= 11 is 0. The van der Waals surface area contributed by atoms with Gasteiger partial charge in [-0.1, -0.05) is 12.2 Å². The molecule has 1 aromatic rings. The molecule has 0 spiro atoms. The zero-order chi connectivity index (χ0) is 13.9. The molecule has 5 nitrogen and oxygen atoms in total. The predicted octanol–water partition coefficient (Wildman–Crippen LogP) is 1.00. The van der Waals surface area contributed by atoms with Crippen molar-refractivity contribution in [3.05, 3.63) is 42.0 Å². The smallest absolute Gasteiger partial charge is 0.240 e. The fourth-order valence-electron chi connectivity index (χ4n) is 3.24. The van der Waals surface area contributed by atoms with Gasteiger partial charge in [-0.3, -0.25) is 9.59 Å². The van der Waals surface area contributed by atoms with Crippen LogP contribution >= 0.6 is 0 Å². The predicted molar refractivity (Wildman–Crippen MR) is 68.4 cm³/mol. The van der Waals surface area contributed by atoms with Gasteiger partial charge in [0.1, 0.15) is 0 Å². The van der Waals surface area contributed by atoms with E-state index in [1.54, 1.807) is 24.3 Å². The molecule has 1 aromatic carbocycles. The molecular weight excluding hydrogens is 256 g/mol. The highest BCUT2D eigenvalue weighted by Gasteiger charge is 2.60. The maximum Gasteiger partial charge on any atom is 0.240 e. The average Bonchev–Trinajstić information content (AvgIpc) is 3.14. The first kappa shape index (κ1) is 11.4. The highest BCUT2D eigenvalue weighted by Crippen LogP contribution is 2.46. The fraction of sp³-hybridized carbons (Fsp3) is 0.267. The Bertz CT molecular complexity index is 656. The number of imide groups is 1. The summed E-state index contributed by atoms with van der Waals surface area (Å²) in [5, 5.41) is 8.78. The molecule has 0 radical (unpaired) electrons. The molecule has 0 saturated carbocycles. The summed E-state index contributed by atoms with van der Waals surface area (Å²) in [6.45, 7) is 0. The summed E-state index contributed by atoms with van der Waals surface area (Å²) in [5.41, 5.74) is 1.02. The van der Waals surface area contributed by atoms with E-state index < -0.39 is 11.8 Å². The van der Waals surface area contributed by atoms with Gasteiger partial charge in [0.15, 0.2) is 0 Å². The fourth-order valence-corrected chi connectivity index (χ4v) is 3.24. The molecule has 5 heteroatoms. The minimum Gasteiger partial charge on any atom is -0.365 e. The van der Waals surface area contributed by atoms with Crippen LogP contribution in [0.3, 0.4) is 0 Å². The van der Waals surface area contributed by atoms with Crippen LogP contribution in [0.4, 0.5) is 5.69 Å². The van der Waals surface area contributed by atoms with Crippen LogP contribution < -0.4 is 4.90 Å². The Hall–Kier alpha value is -2.45. The standard InChI is InChI=1S/C15H10N2O3/c16-7-8-1-3-9(4-2-8)17-14(18)12-10-5-6-11(20-10)13(12)15(17)19/h1-6,10-13H/t10-,11-,12-,13-/m1/s1. The van der Waals surface area contributed by atoms with Gasteiger partial charge in [0.25, 0.3) is 0 Å². The average molecular weight is 266 g/mol. The van der Waals surface area contributed by atoms with E-state index in [1.807, 2.05) is 18.2 Å². The monoisotopic (exact) mass is 266 g/mol. The number of nitriles is 1. The molecule has 98 valence electrons. The van der Waals surface area contributed by atoms with Gasteiger partial charge in [-0.05, 0) is 24.3 Å². The van der Waals surface area contributed by atoms with E-state index in [2.05, 4.69) is 0 Å². The second-order valence-electron chi connectivity index (χ2n) is 5.17. The summed E-state index contributed by atoms with van der Waals surface area (Å²) in [7, 11) is 0. The normalized spacial score (nSPS) is 33.6. The van der Waals surface area contributed by atoms with Gasteiger partial charge in [0.05, 0.1) is 41.4 Å². The Balaban J connectivity index is 1.72. The van der Waals surface area contributed by atoms with E-state index in [-0.39, 0.29) is 24.0 Å². The van der Waals surface area contributed by atoms with Crippen molar-refractivity contribution in [3.8, 4) is 6.07 Å². The molecule has 3 aliphatic rings. The van der Waals surface area contributed by atoms with Gasteiger partial charge in [0, 0.05) is 0 Å². The van der Waals surface area contributed by atoms with Crippen molar-refractivity contribution in [1.82, 2.24) is 0 Å². The van der Waals surface area contributed by atoms with Crippen LogP contribution in [0.1, 0.15) is 5.56 Å². The zero-order valence-corrected chi connectivity index (χ0v) is 10.4. The van der Waals surface area contributed by atoms with Crippen LogP contribution in [0.5, 0.6) is 0 Å². The van der Waals surface area contributed by atoms with Crippen LogP contribution in [0.2, 0.25) is 0 Å². The number of rotatable bonds is 1. The number of nitrogens with zero attached hydrogens (tertiary/aromatic N) is 2. The third-order valence-corrected chi connectivity index (χ3v) is 4.17. The topological polar surface area (TPSA) is 70.4 Å². The molecule has 0 aliphatic carbocycles. The summed E-state index contributed by atoms with van der Waals surface area (Å²) in [6.07, 6.45) is 3.17. The van der Waals surface area contributed by atoms with E-state index in [0.717, 1.165) is 0 Å². The lowest BCUT2D eigenvalue weighted by Crippen LogP contribution is -2.34. The van der Waals surface area contributed by atoms with Gasteiger partial charge in [-0.2, -0.15) is 5.26 Å². The summed E-state index contributed by atoms with van der Waals surface area (Å²) < 4.78 is 5.58. The number of amides is 2. The first-order chi connectivity index (χ1) is 9.70. The molecule has 0 unspecified atom stereocenters. The van der Waals surface area contributed by atoms with Crippen molar-refractivity contribution in [2.45, 2.75) is 12.2 Å². The molecule has 4 rings (SSSR count). The summed E-state index contributed by atoms with van der Waals surface area (Å²) in [5.74, 6) is -1.20. The van der Waals surface area contributed by atoms with Crippen molar-refractivity contribution in [3.63, 3.8) is 0 Å². The second-order valence-corrected chi connectivity index (χ2v) is 5.17. The molecule has 0 aromatic heterocycles. The van der Waals surface area contributed by atoms with Crippen molar-refractivity contribution < 1.29 is 14.3 Å². The largest absolute Gasteiger partial charge is 0.365 e. The number of fused-ring (bicyclic) bond motifs is 5. The first-order valence-electron chi connectivity index (χ1n) is 6.42. The third kappa shape index (κ3) is 1.29. The number of hydrogen-bond acceptors (Lipinski definition) is 4. The van der Waals surface area contributed by atoms with Crippen LogP contribution in [-0.2, 0) is 14.3 Å². The lowest BCUT2D eigenvalue weighted by Gasteiger charge is -2.17. The van der Waals surface area contributed by atoms with Gasteiger partial charge in [0.2, 0.25) is 11.8 Å². The SMILES string of the molecule is N#Cc1ccc(N2C(=O)[C@H]3[C@H](C2=O)[C@H]2C=C[C@H]3O2)cc1. The second kappa shape index (κ2) is 3.78. The van der Waals surface area contributed by atoms with Gasteiger partial charge < -0.3 is 4.74 Å². The molecule has 2 fully saturated rings. The van der Waals surface area contributed by atoms with Crippen molar-refractivity contribution in [1.29, 1.82) is 5.26 Å². The first-order valence-corrected chi connectivity index (χ1v) is 6.42. The van der Waals surface area contributed by atoms with Crippen LogP contribution in [0.15, 0.2) is 36.4 Å². The highest BCUT2D eigenvalue weighted by molar-refractivity contribution is 6.23. The number of ether oxygens (including phenoxy) is 1.